The molecule has 2 aromatic rings. The van der Waals surface area contributed by atoms with Crippen molar-refractivity contribution in [1.29, 1.82) is 0 Å². The summed E-state index contributed by atoms with van der Waals surface area (Å²) in [5, 5.41) is 5.64. The number of sulfone groups is 1. The maximum absolute atomic E-state index is 15.1. The number of amides is 1. The molecule has 20 heteroatoms. The van der Waals surface area contributed by atoms with Crippen molar-refractivity contribution >= 4 is 21.5 Å². The highest BCUT2D eigenvalue weighted by molar-refractivity contribution is 7.92. The van der Waals surface area contributed by atoms with E-state index < -0.39 is 111 Å². The average molecular weight is 759 g/mol. The molecule has 1 amide bonds. The molecule has 4 atom stereocenters. The van der Waals surface area contributed by atoms with Crippen molar-refractivity contribution in [2.75, 3.05) is 12.8 Å². The van der Waals surface area contributed by atoms with Crippen LogP contribution in [0.2, 0.25) is 0 Å². The molecule has 51 heavy (non-hydrogen) atoms. The number of hydrogen-bond donors (Lipinski definition) is 3. The summed E-state index contributed by atoms with van der Waals surface area (Å²) in [4.78, 5) is 17.5. The van der Waals surface area contributed by atoms with Crippen molar-refractivity contribution in [3.05, 3.63) is 64.6 Å². The third kappa shape index (κ3) is 9.29. The second kappa shape index (κ2) is 13.9. The summed E-state index contributed by atoms with van der Waals surface area (Å²) < 4.78 is 161. The Morgan fingerprint density at radius 3 is 2.29 bits per heavy atom. The van der Waals surface area contributed by atoms with Crippen LogP contribution in [0, 0.1) is 29.4 Å². The minimum Gasteiger partial charge on any atom is -0.346 e. The zero-order chi connectivity index (χ0) is 38.5. The summed E-state index contributed by atoms with van der Waals surface area (Å²) in [7, 11) is -3.82. The highest BCUT2D eigenvalue weighted by atomic mass is 32.2. The summed E-state index contributed by atoms with van der Waals surface area (Å²) in [6.07, 6.45) is -9.53. The van der Waals surface area contributed by atoms with Gasteiger partial charge < -0.3 is 5.32 Å². The SMILES string of the molecule is C=C(N=C(C#CC(C)(C)S(C)(=O)=O)C(C)NNCC(F)(F)F)[C@H](Cc1cc(F)cc(F)c1)NC(=O)Cn1nc(C(F)(F)F)c2c1C(F)(F)[C@@H]1CC21. The number of benzene rings is 1. The maximum Gasteiger partial charge on any atom is 0.435 e. The van der Waals surface area contributed by atoms with E-state index in [0.717, 1.165) is 18.4 Å². The number of rotatable bonds is 12. The van der Waals surface area contributed by atoms with Gasteiger partial charge in [-0.05, 0) is 63.1 Å². The summed E-state index contributed by atoms with van der Waals surface area (Å²) >= 11 is 0. The molecule has 3 N–H and O–H groups in total. The lowest BCUT2D eigenvalue weighted by molar-refractivity contribution is -0.142. The number of nitrogens with zero attached hydrogens (tertiary/aromatic N) is 3. The van der Waals surface area contributed by atoms with Crippen molar-refractivity contribution < 1.29 is 57.1 Å². The fourth-order valence-corrected chi connectivity index (χ4v) is 5.57. The van der Waals surface area contributed by atoms with Gasteiger partial charge in [0.2, 0.25) is 5.91 Å². The van der Waals surface area contributed by atoms with Crippen LogP contribution < -0.4 is 16.2 Å². The predicted molar refractivity (Wildman–Crippen MR) is 164 cm³/mol. The number of aliphatic imine (C=N–C) groups is 1. The second-order valence-electron chi connectivity index (χ2n) is 12.8. The lowest BCUT2D eigenvalue weighted by Gasteiger charge is -2.22. The minimum absolute atomic E-state index is 0.0935. The fourth-order valence-electron chi connectivity index (χ4n) is 5.33. The monoisotopic (exact) mass is 758 g/mol. The Hall–Kier alpha value is -3.96. The molecule has 1 aromatic heterocycles. The third-order valence-corrected chi connectivity index (χ3v) is 10.2. The predicted octanol–water partition coefficient (Wildman–Crippen LogP) is 4.94. The number of nitrogens with one attached hydrogen (secondary N) is 3. The number of carbonyl (C=O) groups is 1. The molecule has 0 spiro atoms. The number of halogens is 10. The number of fused-ring (bicyclic) bond motifs is 3. The highest BCUT2D eigenvalue weighted by Crippen LogP contribution is 2.68. The molecule has 2 aliphatic rings. The topological polar surface area (TPSA) is 117 Å². The van der Waals surface area contributed by atoms with Crippen LogP contribution in [0.5, 0.6) is 0 Å². The van der Waals surface area contributed by atoms with Gasteiger partial charge in [0, 0.05) is 23.8 Å². The van der Waals surface area contributed by atoms with Gasteiger partial charge in [0.05, 0.1) is 17.8 Å². The van der Waals surface area contributed by atoms with Crippen LogP contribution >= 0.6 is 0 Å². The van der Waals surface area contributed by atoms with Crippen molar-refractivity contribution in [1.82, 2.24) is 25.9 Å². The van der Waals surface area contributed by atoms with Gasteiger partial charge in [-0.3, -0.25) is 9.48 Å². The standard InChI is InChI=1S/C31H32F10N6O3S/c1-15(43-22(6-7-28(3,4)51(5,49)50)16(2)45-42-14-29(34,35)36)23(10-17-8-18(32)11-19(33)9-17)44-24(48)13-47-27-25(26(46-47)31(39,40)41)20-12-21(20)30(27,37)38/h8-9,11,16,20-21,23,42,45H,1,10,12-14H2,2-5H3,(H,44,48)/t16?,20?,21-,23+/m1/s1. The Labute approximate surface area is 285 Å². The van der Waals surface area contributed by atoms with E-state index in [1.54, 1.807) is 0 Å². The van der Waals surface area contributed by atoms with E-state index in [9.17, 15) is 48.3 Å². The second-order valence-corrected chi connectivity index (χ2v) is 15.4. The molecular weight excluding hydrogens is 726 g/mol. The molecule has 1 aromatic carbocycles. The van der Waals surface area contributed by atoms with E-state index in [1.165, 1.54) is 20.8 Å². The Balaban J connectivity index is 1.70. The Kier molecular flexibility index (Phi) is 10.8. The van der Waals surface area contributed by atoms with E-state index in [-0.39, 0.29) is 28.1 Å². The Morgan fingerprint density at radius 1 is 1.14 bits per heavy atom. The van der Waals surface area contributed by atoms with Crippen LogP contribution in [0.15, 0.2) is 35.5 Å². The molecule has 0 radical (unpaired) electrons. The van der Waals surface area contributed by atoms with Crippen LogP contribution in [0.25, 0.3) is 0 Å². The quantitative estimate of drug-likeness (QED) is 0.122. The average Bonchev–Trinajstić information content (AvgIpc) is 3.60. The largest absolute Gasteiger partial charge is 0.435 e. The van der Waals surface area contributed by atoms with Crippen molar-refractivity contribution in [2.45, 2.75) is 81.2 Å². The molecule has 1 fully saturated rings. The number of hydrogen-bond acceptors (Lipinski definition) is 7. The first-order valence-corrected chi connectivity index (χ1v) is 17.0. The first-order chi connectivity index (χ1) is 23.2. The Morgan fingerprint density at radius 2 is 1.75 bits per heavy atom. The van der Waals surface area contributed by atoms with Crippen LogP contribution in [0.4, 0.5) is 43.9 Å². The maximum atomic E-state index is 15.1. The molecule has 0 saturated heterocycles. The normalized spacial score (nSPS) is 19.8. The number of carbonyl (C=O) groups excluding carboxylic acids is 1. The number of aromatic nitrogens is 2. The van der Waals surface area contributed by atoms with E-state index in [0.29, 0.717) is 6.07 Å². The van der Waals surface area contributed by atoms with Crippen molar-refractivity contribution in [2.24, 2.45) is 10.9 Å². The van der Waals surface area contributed by atoms with Gasteiger partial charge in [0.1, 0.15) is 40.9 Å². The van der Waals surface area contributed by atoms with Crippen molar-refractivity contribution in [3.8, 4) is 11.8 Å². The third-order valence-electron chi connectivity index (χ3n) is 8.29. The summed E-state index contributed by atoms with van der Waals surface area (Å²) in [6, 6.07) is -0.376. The highest BCUT2D eigenvalue weighted by Gasteiger charge is 2.68. The molecule has 2 unspecified atom stereocenters. The van der Waals surface area contributed by atoms with Crippen LogP contribution in [0.3, 0.4) is 0 Å². The first-order valence-electron chi connectivity index (χ1n) is 15.1. The van der Waals surface area contributed by atoms with Gasteiger partial charge in [-0.2, -0.15) is 40.2 Å². The molecule has 4 rings (SSSR count). The summed E-state index contributed by atoms with van der Waals surface area (Å²) in [5.74, 6) is -4.47. The zero-order valence-electron chi connectivity index (χ0n) is 27.3. The number of hydrazine groups is 1. The van der Waals surface area contributed by atoms with Gasteiger partial charge in [-0.1, -0.05) is 12.5 Å². The molecule has 280 valence electrons. The molecule has 2 aliphatic carbocycles. The first kappa shape index (κ1) is 39.8. The van der Waals surface area contributed by atoms with Crippen LogP contribution in [-0.2, 0) is 39.7 Å². The van der Waals surface area contributed by atoms with Gasteiger partial charge >= 0.3 is 12.4 Å². The molecule has 1 saturated carbocycles. The van der Waals surface area contributed by atoms with E-state index in [1.807, 2.05) is 5.43 Å². The molecule has 0 aliphatic heterocycles. The van der Waals surface area contributed by atoms with Crippen LogP contribution in [0.1, 0.15) is 55.6 Å². The number of alkyl halides is 8. The Bertz CT molecular complexity index is 1890. The summed E-state index contributed by atoms with van der Waals surface area (Å²) in [6.45, 7) is 4.85. The van der Waals surface area contributed by atoms with E-state index in [2.05, 4.69) is 39.3 Å². The van der Waals surface area contributed by atoms with E-state index >= 15 is 8.78 Å². The van der Waals surface area contributed by atoms with Crippen LogP contribution in [-0.4, -0.2) is 65.6 Å². The van der Waals surface area contributed by atoms with Crippen molar-refractivity contribution in [3.63, 3.8) is 0 Å². The molecule has 1 heterocycles. The molecule has 9 nitrogen and oxygen atoms in total. The van der Waals surface area contributed by atoms with E-state index in [4.69, 9.17) is 0 Å². The lowest BCUT2D eigenvalue weighted by Crippen LogP contribution is -2.47. The van der Waals surface area contributed by atoms with Gasteiger partial charge in [0.25, 0.3) is 5.92 Å². The van der Waals surface area contributed by atoms with Gasteiger partial charge in [-0.15, -0.1) is 0 Å². The molecular formula is C31H32F10N6O3S. The van der Waals surface area contributed by atoms with Gasteiger partial charge in [-0.25, -0.2) is 33.0 Å². The zero-order valence-corrected chi connectivity index (χ0v) is 28.1. The van der Waals surface area contributed by atoms with Gasteiger partial charge in [0.15, 0.2) is 15.5 Å². The summed E-state index contributed by atoms with van der Waals surface area (Å²) in [5.41, 5.74) is 0.141. The minimum atomic E-state index is -5.10. The smallest absolute Gasteiger partial charge is 0.346 e. The lowest BCUT2D eigenvalue weighted by atomic mass is 10.0. The fraction of sp³-hybridized carbons (Fsp3) is 0.516. The molecule has 0 bridgehead atoms.